The van der Waals surface area contributed by atoms with Gasteiger partial charge in [-0.2, -0.15) is 0 Å². The number of fused-ring (bicyclic) bond motifs is 3. The second-order valence-corrected chi connectivity index (χ2v) is 10.1. The molecule has 5 nitrogen and oxygen atoms in total. The van der Waals surface area contributed by atoms with Crippen molar-refractivity contribution < 1.29 is 4.74 Å². The smallest absolute Gasteiger partial charge is 0.147 e. The quantitative estimate of drug-likeness (QED) is 0.813. The van der Waals surface area contributed by atoms with E-state index in [9.17, 15) is 0 Å². The van der Waals surface area contributed by atoms with Crippen molar-refractivity contribution in [1.29, 1.82) is 0 Å². The predicted octanol–water partition coefficient (Wildman–Crippen LogP) is 4.05. The fourth-order valence-electron chi connectivity index (χ4n) is 4.81. The average molecular weight is 373 g/mol. The van der Waals surface area contributed by atoms with Crippen LogP contribution in [-0.2, 0) is 11.3 Å². The maximum Gasteiger partial charge on any atom is 0.147 e. The molecule has 2 saturated heterocycles. The van der Waals surface area contributed by atoms with Crippen LogP contribution >= 0.6 is 11.3 Å². The second-order valence-electron chi connectivity index (χ2n) is 9.14. The summed E-state index contributed by atoms with van der Waals surface area (Å²) in [7, 11) is 0. The number of thiazole rings is 1. The molecule has 6 heteroatoms. The highest BCUT2D eigenvalue weighted by atomic mass is 32.1. The lowest BCUT2D eigenvalue weighted by molar-refractivity contribution is 0.0270. The number of likely N-dealkylation sites (tertiary alicyclic amines) is 1. The number of aryl methyl sites for hydroxylation is 1. The fraction of sp³-hybridized carbons (Fsp3) is 0.750. The maximum atomic E-state index is 5.74. The number of aromatic nitrogens is 3. The number of hydrogen-bond acceptors (Lipinski definition) is 6. The first-order valence-electron chi connectivity index (χ1n) is 9.96. The third-order valence-corrected chi connectivity index (χ3v) is 7.63. The van der Waals surface area contributed by atoms with Crippen molar-refractivity contribution in [3.05, 3.63) is 16.5 Å². The minimum absolute atomic E-state index is 0.426. The minimum Gasteiger partial charge on any atom is -0.375 e. The number of hydrogen-bond donors (Lipinski definition) is 0. The molecular weight excluding hydrogens is 344 g/mol. The molecule has 3 fully saturated rings. The van der Waals surface area contributed by atoms with Gasteiger partial charge in [0.1, 0.15) is 16.2 Å². The molecule has 2 atom stereocenters. The van der Waals surface area contributed by atoms with E-state index in [1.165, 1.54) is 37.1 Å². The number of nitrogens with zero attached hydrogens (tertiary/aromatic N) is 4. The first kappa shape index (κ1) is 17.0. The van der Waals surface area contributed by atoms with Crippen molar-refractivity contribution in [3.63, 3.8) is 0 Å². The molecule has 0 spiro atoms. The number of ether oxygens (including phenoxy) is 1. The van der Waals surface area contributed by atoms with E-state index in [4.69, 9.17) is 19.7 Å². The summed E-state index contributed by atoms with van der Waals surface area (Å²) in [6.07, 6.45) is 6.69. The van der Waals surface area contributed by atoms with Gasteiger partial charge in [0.25, 0.3) is 0 Å². The molecule has 140 valence electrons. The maximum absolute atomic E-state index is 5.74. The van der Waals surface area contributed by atoms with Crippen molar-refractivity contribution in [2.24, 2.45) is 5.41 Å². The van der Waals surface area contributed by atoms with Crippen LogP contribution < -0.4 is 0 Å². The molecular formula is C20H28N4OS. The van der Waals surface area contributed by atoms with Crippen molar-refractivity contribution in [2.75, 3.05) is 13.2 Å². The highest BCUT2D eigenvalue weighted by Gasteiger charge is 2.39. The van der Waals surface area contributed by atoms with Gasteiger partial charge in [0.05, 0.1) is 23.4 Å². The van der Waals surface area contributed by atoms with Crippen LogP contribution in [0.4, 0.5) is 0 Å². The summed E-state index contributed by atoms with van der Waals surface area (Å²) in [4.78, 5) is 18.2. The summed E-state index contributed by atoms with van der Waals surface area (Å²) >= 11 is 1.80. The van der Waals surface area contributed by atoms with Gasteiger partial charge in [-0.3, -0.25) is 4.90 Å². The highest BCUT2D eigenvalue weighted by Crippen LogP contribution is 2.44. The van der Waals surface area contributed by atoms with Gasteiger partial charge in [-0.05, 0) is 44.4 Å². The molecule has 26 heavy (non-hydrogen) atoms. The number of morpholine rings is 1. The zero-order valence-corrected chi connectivity index (χ0v) is 16.8. The van der Waals surface area contributed by atoms with E-state index < -0.39 is 0 Å². The Morgan fingerprint density at radius 1 is 1.19 bits per heavy atom. The average Bonchev–Trinajstić information content (AvgIpc) is 3.29. The predicted molar refractivity (Wildman–Crippen MR) is 103 cm³/mol. The van der Waals surface area contributed by atoms with Crippen LogP contribution in [0.5, 0.6) is 0 Å². The molecule has 5 rings (SSSR count). The lowest BCUT2D eigenvalue weighted by atomic mass is 9.73. The van der Waals surface area contributed by atoms with Gasteiger partial charge in [-0.25, -0.2) is 15.0 Å². The summed E-state index contributed by atoms with van der Waals surface area (Å²) in [5, 5.41) is 1.28. The van der Waals surface area contributed by atoms with Crippen LogP contribution in [0.15, 0.2) is 0 Å². The Kier molecular flexibility index (Phi) is 4.07. The van der Waals surface area contributed by atoms with Crippen molar-refractivity contribution >= 4 is 21.7 Å². The van der Waals surface area contributed by atoms with Crippen LogP contribution in [0, 0.1) is 12.3 Å². The summed E-state index contributed by atoms with van der Waals surface area (Å²) in [6, 6.07) is 0.559. The Bertz CT molecular complexity index is 823. The molecule has 4 heterocycles. The second kappa shape index (κ2) is 6.21. The standard InChI is InChI=1S/C20H28N4OS/c1-12-21-16(10-24-9-15-8-14(24)11-25-15)17-19(22-12)26-18(23-17)13-4-6-20(2,3)7-5-13/h13-15H,4-11H2,1-3H3. The van der Waals surface area contributed by atoms with Crippen LogP contribution in [0.1, 0.15) is 68.4 Å². The van der Waals surface area contributed by atoms with Crippen molar-refractivity contribution in [2.45, 2.75) is 77.5 Å². The molecule has 2 bridgehead atoms. The largest absolute Gasteiger partial charge is 0.375 e. The van der Waals surface area contributed by atoms with Crippen molar-refractivity contribution in [3.8, 4) is 0 Å². The molecule has 2 unspecified atom stereocenters. The third-order valence-electron chi connectivity index (χ3n) is 6.51. The van der Waals surface area contributed by atoms with E-state index in [0.717, 1.165) is 41.6 Å². The first-order chi connectivity index (χ1) is 12.5. The summed E-state index contributed by atoms with van der Waals surface area (Å²) in [5.74, 6) is 1.47. The Morgan fingerprint density at radius 3 is 2.69 bits per heavy atom. The normalized spacial score (nSPS) is 29.0. The molecule has 3 aliphatic rings. The monoisotopic (exact) mass is 372 g/mol. The molecule has 1 saturated carbocycles. The van der Waals surface area contributed by atoms with Crippen LogP contribution in [0.2, 0.25) is 0 Å². The summed E-state index contributed by atoms with van der Waals surface area (Å²) in [6.45, 7) is 9.57. The van der Waals surface area contributed by atoms with Gasteiger partial charge in [0.2, 0.25) is 0 Å². The van der Waals surface area contributed by atoms with Crippen molar-refractivity contribution in [1.82, 2.24) is 19.9 Å². The van der Waals surface area contributed by atoms with Gasteiger partial charge < -0.3 is 4.74 Å². The van der Waals surface area contributed by atoms with Gasteiger partial charge in [0.15, 0.2) is 0 Å². The fourth-order valence-corrected chi connectivity index (χ4v) is 5.98. The Balaban J connectivity index is 1.42. The SMILES string of the molecule is Cc1nc(CN2CC3CC2CO3)c2nc(C3CCC(C)(C)CC3)sc2n1. The van der Waals surface area contributed by atoms with Gasteiger partial charge in [0, 0.05) is 25.0 Å². The number of rotatable bonds is 3. The molecule has 0 aromatic carbocycles. The topological polar surface area (TPSA) is 51.1 Å². The first-order valence-corrected chi connectivity index (χ1v) is 10.8. The van der Waals surface area contributed by atoms with Crippen LogP contribution in [-0.4, -0.2) is 45.1 Å². The zero-order chi connectivity index (χ0) is 17.9. The van der Waals surface area contributed by atoms with Gasteiger partial charge in [-0.1, -0.05) is 25.2 Å². The van der Waals surface area contributed by atoms with E-state index in [1.807, 2.05) is 6.92 Å². The highest BCUT2D eigenvalue weighted by molar-refractivity contribution is 7.18. The van der Waals surface area contributed by atoms with E-state index in [0.29, 0.717) is 23.5 Å². The summed E-state index contributed by atoms with van der Waals surface area (Å²) in [5.41, 5.74) is 2.65. The Hall–Kier alpha value is -1.11. The molecule has 2 aliphatic heterocycles. The van der Waals surface area contributed by atoms with Gasteiger partial charge in [-0.15, -0.1) is 0 Å². The van der Waals surface area contributed by atoms with Crippen LogP contribution in [0.25, 0.3) is 10.3 Å². The molecule has 0 amide bonds. The molecule has 2 aromatic heterocycles. The lowest BCUT2D eigenvalue weighted by Gasteiger charge is -2.33. The van der Waals surface area contributed by atoms with E-state index in [2.05, 4.69) is 18.7 Å². The van der Waals surface area contributed by atoms with E-state index >= 15 is 0 Å². The van der Waals surface area contributed by atoms with Gasteiger partial charge >= 0.3 is 0 Å². The molecule has 0 N–H and O–H groups in total. The van der Waals surface area contributed by atoms with Crippen LogP contribution in [0.3, 0.4) is 0 Å². The lowest BCUT2D eigenvalue weighted by Crippen LogP contribution is -2.36. The molecule has 2 aromatic rings. The Morgan fingerprint density at radius 2 is 2.00 bits per heavy atom. The Labute approximate surface area is 159 Å². The van der Waals surface area contributed by atoms with E-state index in [1.54, 1.807) is 11.3 Å². The van der Waals surface area contributed by atoms with E-state index in [-0.39, 0.29) is 0 Å². The molecule has 0 radical (unpaired) electrons. The molecule has 1 aliphatic carbocycles. The summed E-state index contributed by atoms with van der Waals surface area (Å²) < 4.78 is 5.74. The minimum atomic E-state index is 0.426. The third kappa shape index (κ3) is 3.06. The zero-order valence-electron chi connectivity index (χ0n) is 16.0.